The predicted octanol–water partition coefficient (Wildman–Crippen LogP) is 1.06. The lowest BCUT2D eigenvalue weighted by molar-refractivity contribution is -0.137. The standard InChI is InChI=1S/C10H8F4N2O2/c11-7-2-5(9(18)16-4-8(15)17)1-6(3-7)10(12,13)14/h1-3H,4H2,(H2,15,17)(H,16,18). The SMILES string of the molecule is NC(=O)CNC(=O)c1cc(F)cc(C(F)(F)F)c1. The molecule has 8 heteroatoms. The predicted molar refractivity (Wildman–Crippen MR) is 52.9 cm³/mol. The van der Waals surface area contributed by atoms with E-state index in [1.165, 1.54) is 0 Å². The lowest BCUT2D eigenvalue weighted by atomic mass is 10.1. The van der Waals surface area contributed by atoms with Crippen LogP contribution in [-0.2, 0) is 11.0 Å². The van der Waals surface area contributed by atoms with Gasteiger partial charge in [-0.3, -0.25) is 9.59 Å². The van der Waals surface area contributed by atoms with Gasteiger partial charge in [0, 0.05) is 5.56 Å². The molecule has 1 aromatic carbocycles. The van der Waals surface area contributed by atoms with Crippen molar-refractivity contribution < 1.29 is 27.2 Å². The van der Waals surface area contributed by atoms with Crippen LogP contribution in [0.5, 0.6) is 0 Å². The van der Waals surface area contributed by atoms with E-state index in [1.807, 2.05) is 5.32 Å². The summed E-state index contributed by atoms with van der Waals surface area (Å²) in [5.74, 6) is -3.08. The fourth-order valence-electron chi connectivity index (χ4n) is 1.15. The molecule has 0 aliphatic carbocycles. The van der Waals surface area contributed by atoms with Crippen molar-refractivity contribution in [2.75, 3.05) is 6.54 Å². The molecule has 0 atom stereocenters. The first kappa shape index (κ1) is 13.9. The number of primary amides is 1. The molecule has 0 spiro atoms. The fourth-order valence-corrected chi connectivity index (χ4v) is 1.15. The van der Waals surface area contributed by atoms with E-state index in [9.17, 15) is 27.2 Å². The maximum atomic E-state index is 12.9. The maximum absolute atomic E-state index is 12.9. The molecule has 0 radical (unpaired) electrons. The van der Waals surface area contributed by atoms with Crippen molar-refractivity contribution in [2.45, 2.75) is 6.18 Å². The Balaban J connectivity index is 2.99. The molecular formula is C10H8F4N2O2. The molecule has 98 valence electrons. The Morgan fingerprint density at radius 1 is 1.22 bits per heavy atom. The molecule has 0 aromatic heterocycles. The van der Waals surface area contributed by atoms with Crippen molar-refractivity contribution in [3.8, 4) is 0 Å². The van der Waals surface area contributed by atoms with Crippen molar-refractivity contribution in [1.82, 2.24) is 5.32 Å². The molecule has 0 unspecified atom stereocenters. The number of nitrogens with two attached hydrogens (primary N) is 1. The van der Waals surface area contributed by atoms with Gasteiger partial charge in [-0.15, -0.1) is 0 Å². The first-order chi connectivity index (χ1) is 8.20. The van der Waals surface area contributed by atoms with Crippen molar-refractivity contribution in [2.24, 2.45) is 5.73 Å². The van der Waals surface area contributed by atoms with Gasteiger partial charge in [0.15, 0.2) is 0 Å². The normalized spacial score (nSPS) is 11.1. The number of carbonyl (C=O) groups is 2. The summed E-state index contributed by atoms with van der Waals surface area (Å²) < 4.78 is 50.0. The summed E-state index contributed by atoms with van der Waals surface area (Å²) in [6, 6.07) is 1.38. The average Bonchev–Trinajstić information content (AvgIpc) is 2.23. The Labute approximate surface area is 98.8 Å². The molecule has 0 bridgehead atoms. The summed E-state index contributed by atoms with van der Waals surface area (Å²) in [7, 11) is 0. The van der Waals surface area contributed by atoms with Gasteiger partial charge < -0.3 is 11.1 Å². The number of nitrogens with one attached hydrogen (secondary N) is 1. The van der Waals surface area contributed by atoms with Gasteiger partial charge in [0.2, 0.25) is 5.91 Å². The van der Waals surface area contributed by atoms with Crippen molar-refractivity contribution >= 4 is 11.8 Å². The van der Waals surface area contributed by atoms with Crippen LogP contribution in [-0.4, -0.2) is 18.4 Å². The molecule has 0 aliphatic heterocycles. The van der Waals surface area contributed by atoms with E-state index in [1.54, 1.807) is 0 Å². The zero-order valence-electron chi connectivity index (χ0n) is 8.84. The van der Waals surface area contributed by atoms with Crippen molar-refractivity contribution in [3.63, 3.8) is 0 Å². The van der Waals surface area contributed by atoms with Gasteiger partial charge in [-0.1, -0.05) is 0 Å². The number of alkyl halides is 3. The number of amides is 2. The van der Waals surface area contributed by atoms with E-state index in [2.05, 4.69) is 0 Å². The second-order valence-electron chi connectivity index (χ2n) is 3.38. The fraction of sp³-hybridized carbons (Fsp3) is 0.200. The minimum Gasteiger partial charge on any atom is -0.368 e. The van der Waals surface area contributed by atoms with Crippen LogP contribution >= 0.6 is 0 Å². The Morgan fingerprint density at radius 3 is 2.33 bits per heavy atom. The minimum atomic E-state index is -4.76. The number of halogens is 4. The highest BCUT2D eigenvalue weighted by atomic mass is 19.4. The van der Waals surface area contributed by atoms with Crippen molar-refractivity contribution in [1.29, 1.82) is 0 Å². The second kappa shape index (κ2) is 5.03. The summed E-state index contributed by atoms with van der Waals surface area (Å²) in [6.45, 7) is -0.545. The summed E-state index contributed by atoms with van der Waals surface area (Å²) >= 11 is 0. The van der Waals surface area contributed by atoms with Crippen molar-refractivity contribution in [3.05, 3.63) is 35.1 Å². The molecule has 1 rings (SSSR count). The molecule has 0 heterocycles. The molecule has 2 amide bonds. The van der Waals surface area contributed by atoms with E-state index in [4.69, 9.17) is 5.73 Å². The van der Waals surface area contributed by atoms with Gasteiger partial charge in [0.25, 0.3) is 5.91 Å². The zero-order valence-corrected chi connectivity index (χ0v) is 8.84. The van der Waals surface area contributed by atoms with Crippen LogP contribution in [0.15, 0.2) is 18.2 Å². The molecule has 4 nitrogen and oxygen atoms in total. The van der Waals surface area contributed by atoms with E-state index < -0.39 is 41.5 Å². The number of benzene rings is 1. The third kappa shape index (κ3) is 3.72. The molecule has 0 fully saturated rings. The first-order valence-corrected chi connectivity index (χ1v) is 4.64. The smallest absolute Gasteiger partial charge is 0.368 e. The Hall–Kier alpha value is -2.12. The Bertz CT molecular complexity index is 485. The minimum absolute atomic E-state index is 0.269. The third-order valence-corrected chi connectivity index (χ3v) is 1.91. The molecule has 0 saturated heterocycles. The van der Waals surface area contributed by atoms with Gasteiger partial charge in [-0.2, -0.15) is 13.2 Å². The molecule has 1 aromatic rings. The second-order valence-corrected chi connectivity index (χ2v) is 3.38. The highest BCUT2D eigenvalue weighted by Gasteiger charge is 2.31. The maximum Gasteiger partial charge on any atom is 0.416 e. The number of carbonyl (C=O) groups excluding carboxylic acids is 2. The molecule has 3 N–H and O–H groups in total. The first-order valence-electron chi connectivity index (χ1n) is 4.64. The van der Waals surface area contributed by atoms with Crippen LogP contribution in [0.1, 0.15) is 15.9 Å². The summed E-state index contributed by atoms with van der Waals surface area (Å²) in [4.78, 5) is 21.7. The van der Waals surface area contributed by atoms with Gasteiger partial charge >= 0.3 is 6.18 Å². The molecule has 0 saturated carbocycles. The van der Waals surface area contributed by atoms with E-state index in [0.717, 1.165) is 0 Å². The van der Waals surface area contributed by atoms with Gasteiger partial charge in [-0.05, 0) is 18.2 Å². The Kier molecular flexibility index (Phi) is 3.89. The lowest BCUT2D eigenvalue weighted by Gasteiger charge is -2.09. The highest BCUT2D eigenvalue weighted by Crippen LogP contribution is 2.30. The number of rotatable bonds is 3. The van der Waals surface area contributed by atoms with Crippen LogP contribution in [0.3, 0.4) is 0 Å². The third-order valence-electron chi connectivity index (χ3n) is 1.91. The summed E-state index contributed by atoms with van der Waals surface area (Å²) in [6.07, 6.45) is -4.76. The monoisotopic (exact) mass is 264 g/mol. The zero-order chi connectivity index (χ0) is 13.9. The van der Waals surface area contributed by atoms with E-state index in [-0.39, 0.29) is 6.07 Å². The summed E-state index contributed by atoms with van der Waals surface area (Å²) in [5.41, 5.74) is 2.92. The van der Waals surface area contributed by atoms with E-state index in [0.29, 0.717) is 12.1 Å². The van der Waals surface area contributed by atoms with Gasteiger partial charge in [-0.25, -0.2) is 4.39 Å². The highest BCUT2D eigenvalue weighted by molar-refractivity contribution is 5.96. The summed E-state index contributed by atoms with van der Waals surface area (Å²) in [5, 5.41) is 1.96. The molecule has 0 aliphatic rings. The topological polar surface area (TPSA) is 72.2 Å². The largest absolute Gasteiger partial charge is 0.416 e. The van der Waals surface area contributed by atoms with Crippen LogP contribution in [0.2, 0.25) is 0 Å². The number of hydrogen-bond donors (Lipinski definition) is 2. The van der Waals surface area contributed by atoms with Crippen LogP contribution in [0.25, 0.3) is 0 Å². The van der Waals surface area contributed by atoms with Crippen LogP contribution in [0, 0.1) is 5.82 Å². The molecular weight excluding hydrogens is 256 g/mol. The Morgan fingerprint density at radius 2 is 1.83 bits per heavy atom. The number of hydrogen-bond acceptors (Lipinski definition) is 2. The van der Waals surface area contributed by atoms with Crippen LogP contribution in [0.4, 0.5) is 17.6 Å². The quantitative estimate of drug-likeness (QED) is 0.801. The van der Waals surface area contributed by atoms with Gasteiger partial charge in [0.1, 0.15) is 5.82 Å². The van der Waals surface area contributed by atoms with Crippen LogP contribution < -0.4 is 11.1 Å². The molecule has 18 heavy (non-hydrogen) atoms. The average molecular weight is 264 g/mol. The van der Waals surface area contributed by atoms with E-state index >= 15 is 0 Å². The van der Waals surface area contributed by atoms with Gasteiger partial charge in [0.05, 0.1) is 12.1 Å². The lowest BCUT2D eigenvalue weighted by Crippen LogP contribution is -2.33.